The van der Waals surface area contributed by atoms with Crippen molar-refractivity contribution in [2.24, 2.45) is 0 Å². The molecule has 1 aromatic rings. The number of hydrogen-bond acceptors (Lipinski definition) is 5. The van der Waals surface area contributed by atoms with E-state index in [-0.39, 0.29) is 10.9 Å². The Hall–Kier alpha value is -0.750. The number of nitrogens with zero attached hydrogens (tertiary/aromatic N) is 2. The van der Waals surface area contributed by atoms with Gasteiger partial charge in [0.05, 0.1) is 5.25 Å². The number of hydrogen-bond donors (Lipinski definition) is 1. The van der Waals surface area contributed by atoms with Crippen molar-refractivity contribution in [2.45, 2.75) is 12.2 Å². The van der Waals surface area contributed by atoms with E-state index in [2.05, 4.69) is 9.97 Å². The van der Waals surface area contributed by atoms with Crippen molar-refractivity contribution >= 4 is 29.5 Å². The van der Waals surface area contributed by atoms with Gasteiger partial charge in [0.15, 0.2) is 5.69 Å². The maximum atomic E-state index is 11.0. The predicted molar refractivity (Wildman–Crippen MR) is 66.3 cm³/mol. The van der Waals surface area contributed by atoms with Crippen molar-refractivity contribution in [1.29, 1.82) is 0 Å². The van der Waals surface area contributed by atoms with E-state index in [0.717, 1.165) is 17.3 Å². The Labute approximate surface area is 102 Å². The molecule has 0 amide bonds. The van der Waals surface area contributed by atoms with Gasteiger partial charge in [0.1, 0.15) is 5.82 Å². The lowest BCUT2D eigenvalue weighted by Crippen LogP contribution is -2.14. The maximum absolute atomic E-state index is 11.0. The van der Waals surface area contributed by atoms with E-state index in [1.54, 1.807) is 24.9 Å². The number of aromatic nitrogens is 2. The van der Waals surface area contributed by atoms with Crippen LogP contribution in [0.2, 0.25) is 0 Å². The van der Waals surface area contributed by atoms with E-state index in [4.69, 9.17) is 5.11 Å². The van der Waals surface area contributed by atoms with Crippen LogP contribution in [0.5, 0.6) is 0 Å². The second kappa shape index (κ2) is 5.05. The summed E-state index contributed by atoms with van der Waals surface area (Å²) in [6.45, 7) is 1.72. The molecule has 1 aromatic heterocycles. The van der Waals surface area contributed by atoms with E-state index in [0.29, 0.717) is 11.4 Å². The van der Waals surface area contributed by atoms with Crippen molar-refractivity contribution in [3.63, 3.8) is 0 Å². The van der Waals surface area contributed by atoms with Crippen molar-refractivity contribution in [3.8, 4) is 0 Å². The van der Waals surface area contributed by atoms with Gasteiger partial charge >= 0.3 is 5.97 Å². The van der Waals surface area contributed by atoms with Gasteiger partial charge < -0.3 is 5.11 Å². The molecule has 4 nitrogen and oxygen atoms in total. The van der Waals surface area contributed by atoms with Crippen LogP contribution in [0.25, 0.3) is 0 Å². The van der Waals surface area contributed by atoms with E-state index in [1.165, 1.54) is 0 Å². The first-order valence-corrected chi connectivity index (χ1v) is 7.15. The molecule has 1 atom stereocenters. The molecular weight excluding hydrogens is 244 g/mol. The minimum atomic E-state index is -0.977. The predicted octanol–water partition coefficient (Wildman–Crippen LogP) is 2.00. The molecule has 1 saturated heterocycles. The van der Waals surface area contributed by atoms with Gasteiger partial charge in [0.25, 0.3) is 0 Å². The maximum Gasteiger partial charge on any atom is 0.354 e. The highest BCUT2D eigenvalue weighted by Gasteiger charge is 2.21. The molecule has 0 bridgehead atoms. The van der Waals surface area contributed by atoms with Gasteiger partial charge in [-0.2, -0.15) is 11.8 Å². The lowest BCUT2D eigenvalue weighted by molar-refractivity contribution is 0.0689. The van der Waals surface area contributed by atoms with Crippen LogP contribution in [-0.4, -0.2) is 38.3 Å². The number of rotatable bonds is 2. The van der Waals surface area contributed by atoms with Crippen molar-refractivity contribution in [1.82, 2.24) is 9.97 Å². The van der Waals surface area contributed by atoms with E-state index in [9.17, 15) is 4.79 Å². The number of carbonyl (C=O) groups is 1. The molecule has 2 heterocycles. The van der Waals surface area contributed by atoms with Crippen LogP contribution in [0, 0.1) is 6.92 Å². The summed E-state index contributed by atoms with van der Waals surface area (Å²) in [6, 6.07) is 0. The van der Waals surface area contributed by atoms with Gasteiger partial charge in [-0.1, -0.05) is 0 Å². The third-order valence-electron chi connectivity index (χ3n) is 2.30. The summed E-state index contributed by atoms with van der Waals surface area (Å²) in [5.41, 5.74) is 0.742. The standard InChI is InChI=1S/C10H12N2O2S2/c1-6-4-11-9(12-8(6)10(13)14)7-5-15-2-3-16-7/h4,7H,2-3,5H2,1H3,(H,13,14). The Bertz CT molecular complexity index is 406. The summed E-state index contributed by atoms with van der Waals surface area (Å²) in [5.74, 6) is 2.87. The number of aryl methyl sites for hydroxylation is 1. The molecule has 2 rings (SSSR count). The summed E-state index contributed by atoms with van der Waals surface area (Å²) < 4.78 is 0. The molecule has 0 spiro atoms. The zero-order chi connectivity index (χ0) is 11.5. The molecule has 1 unspecified atom stereocenters. The summed E-state index contributed by atoms with van der Waals surface area (Å²) in [7, 11) is 0. The fourth-order valence-corrected chi connectivity index (χ4v) is 4.07. The van der Waals surface area contributed by atoms with Gasteiger partial charge in [0.2, 0.25) is 0 Å². The summed E-state index contributed by atoms with van der Waals surface area (Å²) in [6.07, 6.45) is 1.60. The zero-order valence-electron chi connectivity index (χ0n) is 8.84. The molecule has 0 aromatic carbocycles. The van der Waals surface area contributed by atoms with Crippen molar-refractivity contribution in [3.05, 3.63) is 23.3 Å². The topological polar surface area (TPSA) is 63.1 Å². The highest BCUT2D eigenvalue weighted by molar-refractivity contribution is 8.06. The van der Waals surface area contributed by atoms with Crippen LogP contribution in [-0.2, 0) is 0 Å². The normalized spacial score (nSPS) is 20.7. The van der Waals surface area contributed by atoms with Gasteiger partial charge in [-0.05, 0) is 6.92 Å². The van der Waals surface area contributed by atoms with Crippen LogP contribution in [0.15, 0.2) is 6.20 Å². The fraction of sp³-hybridized carbons (Fsp3) is 0.500. The summed E-state index contributed by atoms with van der Waals surface area (Å²) >= 11 is 3.67. The average Bonchev–Trinajstić information content (AvgIpc) is 2.30. The minimum Gasteiger partial charge on any atom is -0.477 e. The second-order valence-electron chi connectivity index (χ2n) is 3.50. The smallest absolute Gasteiger partial charge is 0.354 e. The highest BCUT2D eigenvalue weighted by Crippen LogP contribution is 2.34. The van der Waals surface area contributed by atoms with Crippen LogP contribution in [0.4, 0.5) is 0 Å². The van der Waals surface area contributed by atoms with Crippen LogP contribution >= 0.6 is 23.5 Å². The molecule has 1 N–H and O–H groups in total. The Balaban J connectivity index is 2.27. The molecule has 6 heteroatoms. The summed E-state index contributed by atoms with van der Waals surface area (Å²) in [4.78, 5) is 19.3. The lowest BCUT2D eigenvalue weighted by Gasteiger charge is -2.19. The Morgan fingerprint density at radius 1 is 1.56 bits per heavy atom. The van der Waals surface area contributed by atoms with E-state index >= 15 is 0 Å². The molecule has 0 radical (unpaired) electrons. The number of thioether (sulfide) groups is 2. The van der Waals surface area contributed by atoms with Crippen molar-refractivity contribution in [2.75, 3.05) is 17.3 Å². The molecule has 0 aliphatic carbocycles. The highest BCUT2D eigenvalue weighted by atomic mass is 32.2. The first-order chi connectivity index (χ1) is 7.68. The van der Waals surface area contributed by atoms with Gasteiger partial charge in [0, 0.05) is 29.0 Å². The Kier molecular flexibility index (Phi) is 3.70. The summed E-state index contributed by atoms with van der Waals surface area (Å²) in [5, 5.41) is 9.22. The fourth-order valence-electron chi connectivity index (χ4n) is 1.46. The molecule has 0 saturated carbocycles. The van der Waals surface area contributed by atoms with E-state index < -0.39 is 5.97 Å². The first kappa shape index (κ1) is 11.7. The van der Waals surface area contributed by atoms with Crippen LogP contribution in [0.3, 0.4) is 0 Å². The largest absolute Gasteiger partial charge is 0.477 e. The Morgan fingerprint density at radius 2 is 2.38 bits per heavy atom. The monoisotopic (exact) mass is 256 g/mol. The third-order valence-corrected chi connectivity index (χ3v) is 5.05. The van der Waals surface area contributed by atoms with Crippen LogP contribution < -0.4 is 0 Å². The molecule has 1 fully saturated rings. The molecule has 16 heavy (non-hydrogen) atoms. The zero-order valence-corrected chi connectivity index (χ0v) is 10.5. The van der Waals surface area contributed by atoms with Gasteiger partial charge in [-0.3, -0.25) is 0 Å². The second-order valence-corrected chi connectivity index (χ2v) is 5.96. The minimum absolute atomic E-state index is 0.126. The van der Waals surface area contributed by atoms with Crippen molar-refractivity contribution < 1.29 is 9.90 Å². The molecule has 1 aliphatic rings. The van der Waals surface area contributed by atoms with E-state index in [1.807, 2.05) is 11.8 Å². The Morgan fingerprint density at radius 3 is 3.00 bits per heavy atom. The number of carboxylic acid groups (broad SMARTS) is 1. The number of carboxylic acids is 1. The lowest BCUT2D eigenvalue weighted by atomic mass is 10.2. The molecule has 86 valence electrons. The van der Waals surface area contributed by atoms with Gasteiger partial charge in [-0.15, -0.1) is 11.8 Å². The third kappa shape index (κ3) is 2.49. The first-order valence-electron chi connectivity index (χ1n) is 4.94. The van der Waals surface area contributed by atoms with Gasteiger partial charge in [-0.25, -0.2) is 14.8 Å². The van der Waals surface area contributed by atoms with Crippen LogP contribution in [0.1, 0.15) is 27.1 Å². The molecular formula is C10H12N2O2S2. The number of aromatic carboxylic acids is 1. The SMILES string of the molecule is Cc1cnc(C2CSCCS2)nc1C(=O)O. The average molecular weight is 256 g/mol. The quantitative estimate of drug-likeness (QED) is 0.873. The molecule has 1 aliphatic heterocycles.